The minimum absolute atomic E-state index is 0.0290. The maximum atomic E-state index is 13.3. The number of hydrogen-bond acceptors (Lipinski definition) is 3. The number of rotatable bonds is 5. The fraction of sp³-hybridized carbons (Fsp3) is 0.154. The minimum atomic E-state index is -0.193. The van der Waals surface area contributed by atoms with Crippen LogP contribution < -0.4 is 10.2 Å². The van der Waals surface area contributed by atoms with Crippen LogP contribution in [0.5, 0.6) is 0 Å². The van der Waals surface area contributed by atoms with Crippen molar-refractivity contribution in [2.24, 2.45) is 0 Å². The predicted molar refractivity (Wildman–Crippen MR) is 127 cm³/mol. The van der Waals surface area contributed by atoms with E-state index >= 15 is 0 Å². The maximum Gasteiger partial charge on any atom is 0.265 e. The zero-order chi connectivity index (χ0) is 21.8. The zero-order valence-corrected chi connectivity index (χ0v) is 18.4. The van der Waals surface area contributed by atoms with Gasteiger partial charge in [-0.15, -0.1) is 0 Å². The van der Waals surface area contributed by atoms with Gasteiger partial charge in [0, 0.05) is 4.90 Å². The highest BCUT2D eigenvalue weighted by atomic mass is 32.2. The number of fused-ring (bicyclic) bond motifs is 1. The zero-order valence-electron chi connectivity index (χ0n) is 17.5. The van der Waals surface area contributed by atoms with Crippen molar-refractivity contribution in [3.05, 3.63) is 100 Å². The summed E-state index contributed by atoms with van der Waals surface area (Å²) < 4.78 is 0. The molecule has 1 aliphatic rings. The molecule has 3 aromatic rings. The number of carbonyl (C=O) groups is 2. The van der Waals surface area contributed by atoms with E-state index in [0.717, 1.165) is 21.7 Å². The molecule has 31 heavy (non-hydrogen) atoms. The van der Waals surface area contributed by atoms with Crippen LogP contribution in [0.15, 0.2) is 88.7 Å². The first-order valence-electron chi connectivity index (χ1n) is 10.2. The normalized spacial score (nSPS) is 15.5. The molecule has 1 atom stereocenters. The fourth-order valence-electron chi connectivity index (χ4n) is 3.49. The summed E-state index contributed by atoms with van der Waals surface area (Å²) in [6.07, 6.45) is 1.89. The fourth-order valence-corrected chi connectivity index (χ4v) is 4.55. The van der Waals surface area contributed by atoms with E-state index in [-0.39, 0.29) is 24.4 Å². The number of anilines is 1. The summed E-state index contributed by atoms with van der Waals surface area (Å²) in [5.41, 5.74) is 3.92. The first-order chi connectivity index (χ1) is 15.0. The summed E-state index contributed by atoms with van der Waals surface area (Å²) in [5.74, 6) is -0.354. The average Bonchev–Trinajstić information content (AvgIpc) is 2.78. The molecule has 5 heteroatoms. The third kappa shape index (κ3) is 4.89. The van der Waals surface area contributed by atoms with Crippen LogP contribution in [-0.4, -0.2) is 18.4 Å². The van der Waals surface area contributed by atoms with Gasteiger partial charge in [-0.1, -0.05) is 84.1 Å². The van der Waals surface area contributed by atoms with E-state index in [1.165, 1.54) is 17.3 Å². The van der Waals surface area contributed by atoms with Crippen molar-refractivity contribution in [3.8, 4) is 0 Å². The number of benzene rings is 3. The van der Waals surface area contributed by atoms with Gasteiger partial charge in [0.25, 0.3) is 5.91 Å². The molecular weight excluding hydrogens is 404 g/mol. The Morgan fingerprint density at radius 1 is 1.00 bits per heavy atom. The number of amides is 2. The molecule has 0 aromatic heterocycles. The molecule has 0 saturated carbocycles. The standard InChI is InChI=1S/C26H24N2O2S/c1-18-12-14-20(15-13-18)16-24-26(30)28(22-10-6-7-11-23(22)31-24)17-25(29)27-19(2)21-8-4-3-5-9-21/h3-16,19H,17H2,1-2H3,(H,27,29)/b24-16+/t19-/m1/s1. The van der Waals surface area contributed by atoms with Crippen LogP contribution in [0.1, 0.15) is 29.7 Å². The molecule has 0 fully saturated rings. The Hall–Kier alpha value is -3.31. The summed E-state index contributed by atoms with van der Waals surface area (Å²) in [6, 6.07) is 25.4. The topological polar surface area (TPSA) is 49.4 Å². The van der Waals surface area contributed by atoms with Crippen molar-refractivity contribution in [1.29, 1.82) is 0 Å². The second-order valence-corrected chi connectivity index (χ2v) is 8.66. The highest BCUT2D eigenvalue weighted by Crippen LogP contribution is 2.41. The number of nitrogens with zero attached hydrogens (tertiary/aromatic N) is 1. The highest BCUT2D eigenvalue weighted by Gasteiger charge is 2.30. The molecule has 4 nitrogen and oxygen atoms in total. The first-order valence-corrected chi connectivity index (χ1v) is 11.0. The minimum Gasteiger partial charge on any atom is -0.348 e. The number of aryl methyl sites for hydroxylation is 1. The van der Waals surface area contributed by atoms with Gasteiger partial charge < -0.3 is 5.32 Å². The van der Waals surface area contributed by atoms with Gasteiger partial charge in [-0.2, -0.15) is 0 Å². The van der Waals surface area contributed by atoms with Gasteiger partial charge in [0.2, 0.25) is 5.91 Å². The van der Waals surface area contributed by atoms with Gasteiger partial charge >= 0.3 is 0 Å². The van der Waals surface area contributed by atoms with E-state index in [9.17, 15) is 9.59 Å². The Kier molecular flexibility index (Phi) is 6.23. The SMILES string of the molecule is Cc1ccc(/C=C2/Sc3ccccc3N(CC(=O)N[C@H](C)c3ccccc3)C2=O)cc1. The summed E-state index contributed by atoms with van der Waals surface area (Å²) in [5, 5.41) is 3.01. The molecule has 1 heterocycles. The molecule has 4 rings (SSSR count). The largest absolute Gasteiger partial charge is 0.348 e. The van der Waals surface area contributed by atoms with Gasteiger partial charge in [0.15, 0.2) is 0 Å². The summed E-state index contributed by atoms with van der Waals surface area (Å²) in [7, 11) is 0. The lowest BCUT2D eigenvalue weighted by Crippen LogP contribution is -2.43. The second kappa shape index (κ2) is 9.23. The van der Waals surface area contributed by atoms with E-state index in [0.29, 0.717) is 4.91 Å². The van der Waals surface area contributed by atoms with Crippen molar-refractivity contribution < 1.29 is 9.59 Å². The average molecular weight is 429 g/mol. The van der Waals surface area contributed by atoms with Gasteiger partial charge in [0.05, 0.1) is 16.6 Å². The quantitative estimate of drug-likeness (QED) is 0.557. The molecule has 0 unspecified atom stereocenters. The summed E-state index contributed by atoms with van der Waals surface area (Å²) >= 11 is 1.44. The molecule has 1 aliphatic heterocycles. The van der Waals surface area contributed by atoms with Crippen molar-refractivity contribution in [2.45, 2.75) is 24.8 Å². The molecule has 0 radical (unpaired) electrons. The number of nitrogens with one attached hydrogen (secondary N) is 1. The Morgan fingerprint density at radius 2 is 1.68 bits per heavy atom. The summed E-state index contributed by atoms with van der Waals surface area (Å²) in [6.45, 7) is 3.95. The van der Waals surface area contributed by atoms with Crippen molar-refractivity contribution in [1.82, 2.24) is 5.32 Å². The highest BCUT2D eigenvalue weighted by molar-refractivity contribution is 8.04. The van der Waals surface area contributed by atoms with Gasteiger partial charge in [-0.05, 0) is 43.2 Å². The number of para-hydroxylation sites is 1. The molecule has 0 spiro atoms. The van der Waals surface area contributed by atoms with E-state index < -0.39 is 0 Å². The monoisotopic (exact) mass is 428 g/mol. The van der Waals surface area contributed by atoms with Crippen LogP contribution in [0, 0.1) is 6.92 Å². The first kappa shape index (κ1) is 20.9. The van der Waals surface area contributed by atoms with Crippen LogP contribution in [0.25, 0.3) is 6.08 Å². The third-order valence-corrected chi connectivity index (χ3v) is 6.26. The smallest absolute Gasteiger partial charge is 0.265 e. The molecule has 0 saturated heterocycles. The van der Waals surface area contributed by atoms with E-state index in [2.05, 4.69) is 5.32 Å². The van der Waals surface area contributed by atoms with Gasteiger partial charge in [-0.25, -0.2) is 0 Å². The number of carbonyl (C=O) groups excluding carboxylic acids is 2. The van der Waals surface area contributed by atoms with Gasteiger partial charge in [-0.3, -0.25) is 14.5 Å². The van der Waals surface area contributed by atoms with E-state index in [1.54, 1.807) is 4.90 Å². The Labute approximate surface area is 187 Å². The molecule has 3 aromatic carbocycles. The van der Waals surface area contributed by atoms with Crippen molar-refractivity contribution >= 4 is 35.3 Å². The van der Waals surface area contributed by atoms with Crippen LogP contribution in [0.4, 0.5) is 5.69 Å². The van der Waals surface area contributed by atoms with E-state index in [1.807, 2.05) is 98.8 Å². The van der Waals surface area contributed by atoms with Crippen LogP contribution in [0.2, 0.25) is 0 Å². The lowest BCUT2D eigenvalue weighted by Gasteiger charge is -2.30. The second-order valence-electron chi connectivity index (χ2n) is 7.58. The third-order valence-electron chi connectivity index (χ3n) is 5.19. The lowest BCUT2D eigenvalue weighted by atomic mass is 10.1. The van der Waals surface area contributed by atoms with Crippen LogP contribution in [0.3, 0.4) is 0 Å². The van der Waals surface area contributed by atoms with Crippen molar-refractivity contribution in [2.75, 3.05) is 11.4 Å². The Bertz CT molecular complexity index is 1120. The lowest BCUT2D eigenvalue weighted by molar-refractivity contribution is -0.122. The molecular formula is C26H24N2O2S. The molecule has 0 aliphatic carbocycles. The molecule has 2 amide bonds. The number of hydrogen-bond donors (Lipinski definition) is 1. The van der Waals surface area contributed by atoms with Gasteiger partial charge in [0.1, 0.15) is 6.54 Å². The molecule has 156 valence electrons. The summed E-state index contributed by atoms with van der Waals surface area (Å²) in [4.78, 5) is 29.3. The molecule has 0 bridgehead atoms. The maximum absolute atomic E-state index is 13.3. The van der Waals surface area contributed by atoms with Crippen LogP contribution in [-0.2, 0) is 9.59 Å². The number of thioether (sulfide) groups is 1. The predicted octanol–water partition coefficient (Wildman–Crippen LogP) is 5.35. The Balaban J connectivity index is 1.57. The van der Waals surface area contributed by atoms with Crippen LogP contribution >= 0.6 is 11.8 Å². The van der Waals surface area contributed by atoms with E-state index in [4.69, 9.17) is 0 Å². The van der Waals surface area contributed by atoms with Crippen molar-refractivity contribution in [3.63, 3.8) is 0 Å². The molecule has 1 N–H and O–H groups in total. The Morgan fingerprint density at radius 3 is 2.42 bits per heavy atom.